The molecule has 0 aromatic heterocycles. The number of carboxylic acid groups (broad SMARTS) is 1. The third-order valence-corrected chi connectivity index (χ3v) is 3.97. The van der Waals surface area contributed by atoms with E-state index in [0.717, 1.165) is 19.3 Å². The van der Waals surface area contributed by atoms with Crippen molar-refractivity contribution in [2.24, 2.45) is 11.8 Å². The van der Waals surface area contributed by atoms with Crippen molar-refractivity contribution >= 4 is 11.9 Å². The molecule has 1 aliphatic carbocycles. The van der Waals surface area contributed by atoms with Crippen molar-refractivity contribution in [1.82, 2.24) is 10.2 Å². The fourth-order valence-electron chi connectivity index (χ4n) is 3.29. The van der Waals surface area contributed by atoms with Gasteiger partial charge < -0.3 is 10.4 Å². The van der Waals surface area contributed by atoms with Crippen LogP contribution in [-0.4, -0.2) is 47.6 Å². The quantitative estimate of drug-likeness (QED) is 0.685. The van der Waals surface area contributed by atoms with E-state index < -0.39 is 12.0 Å². The second kappa shape index (κ2) is 5.40. The molecule has 3 atom stereocenters. The molecule has 3 unspecified atom stereocenters. The highest BCUT2D eigenvalue weighted by atomic mass is 16.4. The Bertz CT molecular complexity index is 388. The van der Waals surface area contributed by atoms with Crippen molar-refractivity contribution in [3.05, 3.63) is 0 Å². The van der Waals surface area contributed by atoms with Crippen molar-refractivity contribution in [2.75, 3.05) is 19.6 Å². The number of likely N-dealkylation sites (tertiary alicyclic amines) is 1. The zero-order chi connectivity index (χ0) is 13.1. The van der Waals surface area contributed by atoms with Gasteiger partial charge in [-0.3, -0.25) is 14.5 Å². The van der Waals surface area contributed by atoms with E-state index >= 15 is 0 Å². The number of carbonyl (C=O) groups excluding carboxylic acids is 1. The summed E-state index contributed by atoms with van der Waals surface area (Å²) in [5.74, 6) is 1.97. The average molecular weight is 250 g/mol. The van der Waals surface area contributed by atoms with Crippen LogP contribution in [0, 0.1) is 24.2 Å². The molecule has 0 radical (unpaired) electrons. The number of rotatable bonds is 4. The summed E-state index contributed by atoms with van der Waals surface area (Å²) in [4.78, 5) is 24.7. The number of amides is 1. The molecule has 18 heavy (non-hydrogen) atoms. The summed E-state index contributed by atoms with van der Waals surface area (Å²) in [6, 6.07) is -0.505. The molecule has 1 saturated carbocycles. The highest BCUT2D eigenvalue weighted by Crippen LogP contribution is 2.41. The Labute approximate surface area is 107 Å². The van der Waals surface area contributed by atoms with Gasteiger partial charge in [-0.15, -0.1) is 6.42 Å². The molecular weight excluding hydrogens is 232 g/mol. The normalized spacial score (nSPS) is 30.7. The molecule has 5 nitrogen and oxygen atoms in total. The van der Waals surface area contributed by atoms with Crippen LogP contribution in [-0.2, 0) is 9.59 Å². The van der Waals surface area contributed by atoms with Crippen LogP contribution in [0.2, 0.25) is 0 Å². The molecule has 2 fully saturated rings. The van der Waals surface area contributed by atoms with Gasteiger partial charge in [-0.05, 0) is 24.7 Å². The van der Waals surface area contributed by atoms with Gasteiger partial charge in [-0.25, -0.2) is 0 Å². The van der Waals surface area contributed by atoms with Crippen LogP contribution in [0.5, 0.6) is 0 Å². The summed E-state index contributed by atoms with van der Waals surface area (Å²) in [7, 11) is 0. The number of aliphatic carboxylic acids is 1. The van der Waals surface area contributed by atoms with Gasteiger partial charge in [0.15, 0.2) is 0 Å². The van der Waals surface area contributed by atoms with Gasteiger partial charge in [0.05, 0.1) is 13.1 Å². The third kappa shape index (κ3) is 2.49. The SMILES string of the molecule is C#CCNC(=O)CN1CC2CCCC2C1C(=O)O. The lowest BCUT2D eigenvalue weighted by Gasteiger charge is -2.23. The summed E-state index contributed by atoms with van der Waals surface area (Å²) in [6.45, 7) is 1.04. The first-order chi connectivity index (χ1) is 8.63. The second-order valence-electron chi connectivity index (χ2n) is 5.05. The molecule has 0 aromatic rings. The zero-order valence-corrected chi connectivity index (χ0v) is 10.3. The maximum atomic E-state index is 11.6. The minimum absolute atomic E-state index is 0.131. The van der Waals surface area contributed by atoms with Crippen molar-refractivity contribution in [2.45, 2.75) is 25.3 Å². The van der Waals surface area contributed by atoms with E-state index in [-0.39, 0.29) is 24.9 Å². The van der Waals surface area contributed by atoms with Crippen molar-refractivity contribution < 1.29 is 14.7 Å². The average Bonchev–Trinajstić information content (AvgIpc) is 2.85. The van der Waals surface area contributed by atoms with Crippen LogP contribution in [0.4, 0.5) is 0 Å². The smallest absolute Gasteiger partial charge is 0.321 e. The van der Waals surface area contributed by atoms with Crippen LogP contribution in [0.1, 0.15) is 19.3 Å². The van der Waals surface area contributed by atoms with Gasteiger partial charge >= 0.3 is 5.97 Å². The van der Waals surface area contributed by atoms with E-state index in [9.17, 15) is 14.7 Å². The molecule has 2 N–H and O–H groups in total. The standard InChI is InChI=1S/C13H18N2O3/c1-2-6-14-11(16)8-15-7-9-4-3-5-10(9)12(15)13(17)18/h1,9-10,12H,3-8H2,(H,14,16)(H,17,18). The van der Waals surface area contributed by atoms with Crippen LogP contribution in [0.25, 0.3) is 0 Å². The van der Waals surface area contributed by atoms with E-state index in [2.05, 4.69) is 11.2 Å². The first-order valence-electron chi connectivity index (χ1n) is 6.30. The first-order valence-corrected chi connectivity index (χ1v) is 6.30. The summed E-state index contributed by atoms with van der Waals surface area (Å²) in [5, 5.41) is 11.9. The maximum absolute atomic E-state index is 11.6. The summed E-state index contributed by atoms with van der Waals surface area (Å²) in [5.41, 5.74) is 0. The Balaban J connectivity index is 1.97. The fraction of sp³-hybridized carbons (Fsp3) is 0.692. The Morgan fingerprint density at radius 1 is 1.44 bits per heavy atom. The van der Waals surface area contributed by atoms with Gasteiger partial charge in [0.25, 0.3) is 0 Å². The van der Waals surface area contributed by atoms with Crippen molar-refractivity contribution in [3.8, 4) is 12.3 Å². The molecule has 2 aliphatic rings. The van der Waals surface area contributed by atoms with Crippen LogP contribution >= 0.6 is 0 Å². The summed E-state index contributed by atoms with van der Waals surface area (Å²) in [6.07, 6.45) is 8.21. The number of hydrogen-bond donors (Lipinski definition) is 2. The number of terminal acetylenes is 1. The van der Waals surface area contributed by atoms with Gasteiger partial charge in [0, 0.05) is 6.54 Å². The Morgan fingerprint density at radius 2 is 2.22 bits per heavy atom. The van der Waals surface area contributed by atoms with E-state index in [1.807, 2.05) is 0 Å². The van der Waals surface area contributed by atoms with Crippen molar-refractivity contribution in [1.29, 1.82) is 0 Å². The molecule has 98 valence electrons. The number of carbonyl (C=O) groups is 2. The fourth-order valence-corrected chi connectivity index (χ4v) is 3.29. The Kier molecular flexibility index (Phi) is 3.87. The molecule has 0 bridgehead atoms. The Morgan fingerprint density at radius 3 is 2.89 bits per heavy atom. The van der Waals surface area contributed by atoms with Gasteiger partial charge in [0.2, 0.25) is 5.91 Å². The van der Waals surface area contributed by atoms with E-state index in [4.69, 9.17) is 6.42 Å². The van der Waals surface area contributed by atoms with E-state index in [1.165, 1.54) is 0 Å². The number of fused-ring (bicyclic) bond motifs is 1. The minimum Gasteiger partial charge on any atom is -0.480 e. The van der Waals surface area contributed by atoms with Gasteiger partial charge in [0.1, 0.15) is 6.04 Å². The number of carboxylic acids is 1. The number of nitrogens with zero attached hydrogens (tertiary/aromatic N) is 1. The molecule has 1 aliphatic heterocycles. The third-order valence-electron chi connectivity index (χ3n) is 3.97. The van der Waals surface area contributed by atoms with E-state index in [1.54, 1.807) is 4.90 Å². The van der Waals surface area contributed by atoms with Crippen LogP contribution < -0.4 is 5.32 Å². The first kappa shape index (κ1) is 12.9. The number of hydrogen-bond acceptors (Lipinski definition) is 3. The van der Waals surface area contributed by atoms with Crippen molar-refractivity contribution in [3.63, 3.8) is 0 Å². The lowest BCUT2D eigenvalue weighted by Crippen LogP contribution is -2.45. The minimum atomic E-state index is -0.811. The highest BCUT2D eigenvalue weighted by Gasteiger charge is 2.47. The number of nitrogens with one attached hydrogen (secondary N) is 1. The van der Waals surface area contributed by atoms with Crippen LogP contribution in [0.15, 0.2) is 0 Å². The van der Waals surface area contributed by atoms with Gasteiger partial charge in [-0.2, -0.15) is 0 Å². The molecule has 2 rings (SSSR count). The topological polar surface area (TPSA) is 69.6 Å². The molecule has 0 aromatic carbocycles. The highest BCUT2D eigenvalue weighted by molar-refractivity contribution is 5.80. The molecule has 5 heteroatoms. The van der Waals surface area contributed by atoms with E-state index in [0.29, 0.717) is 12.5 Å². The lowest BCUT2D eigenvalue weighted by atomic mass is 9.94. The Hall–Kier alpha value is -1.54. The predicted molar refractivity (Wildman–Crippen MR) is 65.7 cm³/mol. The monoisotopic (exact) mass is 250 g/mol. The largest absolute Gasteiger partial charge is 0.480 e. The van der Waals surface area contributed by atoms with Crippen LogP contribution in [0.3, 0.4) is 0 Å². The lowest BCUT2D eigenvalue weighted by molar-refractivity contribution is -0.144. The predicted octanol–water partition coefficient (Wildman–Crippen LogP) is -0.0791. The molecule has 1 amide bonds. The van der Waals surface area contributed by atoms with Gasteiger partial charge in [-0.1, -0.05) is 12.3 Å². The second-order valence-corrected chi connectivity index (χ2v) is 5.05. The molecular formula is C13H18N2O3. The zero-order valence-electron chi connectivity index (χ0n) is 10.3. The molecule has 1 saturated heterocycles. The summed E-state index contributed by atoms with van der Waals surface area (Å²) >= 11 is 0. The maximum Gasteiger partial charge on any atom is 0.321 e. The molecule has 1 heterocycles. The summed E-state index contributed by atoms with van der Waals surface area (Å²) < 4.78 is 0. The molecule has 0 spiro atoms.